The second-order valence-corrected chi connectivity index (χ2v) is 5.42. The highest BCUT2D eigenvalue weighted by Crippen LogP contribution is 2.30. The molecule has 0 aliphatic carbocycles. The first-order valence-corrected chi connectivity index (χ1v) is 7.14. The minimum absolute atomic E-state index is 0.0436. The topological polar surface area (TPSA) is 73.6 Å². The first kappa shape index (κ1) is 17.3. The number of nitrogens with one attached hydrogen (secondary N) is 1. The van der Waals surface area contributed by atoms with Crippen LogP contribution in [-0.2, 0) is 4.79 Å². The number of methoxy groups -OCH3 is 2. The standard InChI is InChI=1S/C16H26N2O3/c1-6-16(3,10-17)15(19)18-11(2)13-8-7-12(20-4)9-14(13)21-5/h7-9,11H,6,10,17H2,1-5H3,(H,18,19). The van der Waals surface area contributed by atoms with Gasteiger partial charge in [0.25, 0.3) is 0 Å². The molecule has 5 nitrogen and oxygen atoms in total. The molecule has 3 N–H and O–H groups in total. The molecule has 21 heavy (non-hydrogen) atoms. The fraction of sp³-hybridized carbons (Fsp3) is 0.562. The van der Waals surface area contributed by atoms with Gasteiger partial charge >= 0.3 is 0 Å². The maximum absolute atomic E-state index is 12.4. The molecular weight excluding hydrogens is 268 g/mol. The fourth-order valence-electron chi connectivity index (χ4n) is 2.02. The van der Waals surface area contributed by atoms with Crippen molar-refractivity contribution in [3.8, 4) is 11.5 Å². The van der Waals surface area contributed by atoms with Crippen molar-refractivity contribution in [1.29, 1.82) is 0 Å². The third-order valence-electron chi connectivity index (χ3n) is 4.03. The molecule has 1 rings (SSSR count). The molecule has 118 valence electrons. The van der Waals surface area contributed by atoms with Gasteiger partial charge in [-0.05, 0) is 32.4 Å². The average Bonchev–Trinajstić information content (AvgIpc) is 2.52. The highest BCUT2D eigenvalue weighted by molar-refractivity contribution is 5.82. The van der Waals surface area contributed by atoms with Gasteiger partial charge in [-0.25, -0.2) is 0 Å². The zero-order chi connectivity index (χ0) is 16.0. The van der Waals surface area contributed by atoms with Gasteiger partial charge in [-0.2, -0.15) is 0 Å². The maximum atomic E-state index is 12.4. The van der Waals surface area contributed by atoms with E-state index in [0.717, 1.165) is 11.3 Å². The van der Waals surface area contributed by atoms with E-state index in [1.165, 1.54) is 0 Å². The molecule has 0 saturated heterocycles. The smallest absolute Gasteiger partial charge is 0.227 e. The predicted octanol–water partition coefficient (Wildman–Crippen LogP) is 2.26. The number of hydrogen-bond donors (Lipinski definition) is 2. The van der Waals surface area contributed by atoms with E-state index >= 15 is 0 Å². The highest BCUT2D eigenvalue weighted by Gasteiger charge is 2.31. The molecule has 0 aliphatic rings. The van der Waals surface area contributed by atoms with Crippen LogP contribution < -0.4 is 20.5 Å². The van der Waals surface area contributed by atoms with E-state index in [4.69, 9.17) is 15.2 Å². The molecule has 0 saturated carbocycles. The first-order valence-electron chi connectivity index (χ1n) is 7.14. The van der Waals surface area contributed by atoms with Gasteiger partial charge in [0.05, 0.1) is 25.7 Å². The molecule has 1 aromatic rings. The Morgan fingerprint density at radius 1 is 1.38 bits per heavy atom. The summed E-state index contributed by atoms with van der Waals surface area (Å²) in [5.41, 5.74) is 6.08. The van der Waals surface area contributed by atoms with Crippen LogP contribution in [-0.4, -0.2) is 26.7 Å². The molecule has 2 atom stereocenters. The van der Waals surface area contributed by atoms with Crippen LogP contribution in [0.25, 0.3) is 0 Å². The Morgan fingerprint density at radius 2 is 2.05 bits per heavy atom. The third kappa shape index (κ3) is 3.88. The summed E-state index contributed by atoms with van der Waals surface area (Å²) in [6.45, 7) is 6.09. The van der Waals surface area contributed by atoms with E-state index in [1.54, 1.807) is 20.3 Å². The summed E-state index contributed by atoms with van der Waals surface area (Å²) in [6.07, 6.45) is 0.696. The minimum Gasteiger partial charge on any atom is -0.497 e. The molecule has 1 amide bonds. The number of carbonyl (C=O) groups is 1. The van der Waals surface area contributed by atoms with Crippen LogP contribution >= 0.6 is 0 Å². The van der Waals surface area contributed by atoms with E-state index in [1.807, 2.05) is 32.9 Å². The fourth-order valence-corrected chi connectivity index (χ4v) is 2.02. The van der Waals surface area contributed by atoms with E-state index in [-0.39, 0.29) is 11.9 Å². The van der Waals surface area contributed by atoms with Crippen LogP contribution in [0.15, 0.2) is 18.2 Å². The number of amides is 1. The number of ether oxygens (including phenoxy) is 2. The van der Waals surface area contributed by atoms with E-state index in [0.29, 0.717) is 18.7 Å². The van der Waals surface area contributed by atoms with Gasteiger partial charge in [0.15, 0.2) is 0 Å². The second-order valence-electron chi connectivity index (χ2n) is 5.42. The quantitative estimate of drug-likeness (QED) is 0.809. The lowest BCUT2D eigenvalue weighted by molar-refractivity contribution is -0.130. The molecule has 0 bridgehead atoms. The van der Waals surface area contributed by atoms with Gasteiger partial charge in [0.1, 0.15) is 11.5 Å². The number of rotatable bonds is 7. The van der Waals surface area contributed by atoms with Crippen LogP contribution in [0.3, 0.4) is 0 Å². The molecule has 0 fully saturated rings. The molecule has 0 heterocycles. The van der Waals surface area contributed by atoms with Crippen molar-refractivity contribution < 1.29 is 14.3 Å². The molecular formula is C16H26N2O3. The molecule has 0 spiro atoms. The monoisotopic (exact) mass is 294 g/mol. The number of hydrogen-bond acceptors (Lipinski definition) is 4. The first-order chi connectivity index (χ1) is 9.91. The van der Waals surface area contributed by atoms with Crippen LogP contribution in [0.5, 0.6) is 11.5 Å². The summed E-state index contributed by atoms with van der Waals surface area (Å²) in [4.78, 5) is 12.4. The maximum Gasteiger partial charge on any atom is 0.227 e. The van der Waals surface area contributed by atoms with Gasteiger partial charge in [0.2, 0.25) is 5.91 Å². The summed E-state index contributed by atoms with van der Waals surface area (Å²) in [7, 11) is 3.20. The number of carbonyl (C=O) groups excluding carboxylic acids is 1. The zero-order valence-corrected chi connectivity index (χ0v) is 13.5. The zero-order valence-electron chi connectivity index (χ0n) is 13.5. The summed E-state index contributed by atoms with van der Waals surface area (Å²) < 4.78 is 10.6. The van der Waals surface area contributed by atoms with Gasteiger partial charge in [-0.15, -0.1) is 0 Å². The molecule has 0 aliphatic heterocycles. The molecule has 0 aromatic heterocycles. The Bertz CT molecular complexity index is 484. The van der Waals surface area contributed by atoms with Crippen molar-refractivity contribution >= 4 is 5.91 Å². The third-order valence-corrected chi connectivity index (χ3v) is 4.03. The molecule has 2 unspecified atom stereocenters. The summed E-state index contributed by atoms with van der Waals surface area (Å²) in [5, 5.41) is 3.01. The normalized spacial score (nSPS) is 15.0. The Kier molecular flexibility index (Phi) is 6.03. The van der Waals surface area contributed by atoms with Crippen LogP contribution in [0.4, 0.5) is 0 Å². The van der Waals surface area contributed by atoms with E-state index in [9.17, 15) is 4.79 Å². The highest BCUT2D eigenvalue weighted by atomic mass is 16.5. The Labute approximate surface area is 126 Å². The molecule has 5 heteroatoms. The summed E-state index contributed by atoms with van der Waals surface area (Å²) in [5.74, 6) is 1.36. The summed E-state index contributed by atoms with van der Waals surface area (Å²) in [6, 6.07) is 5.38. The van der Waals surface area contributed by atoms with Gasteiger partial charge in [-0.1, -0.05) is 6.92 Å². The average molecular weight is 294 g/mol. The van der Waals surface area contributed by atoms with Gasteiger partial charge in [0, 0.05) is 18.2 Å². The lowest BCUT2D eigenvalue weighted by Crippen LogP contribution is -2.44. The van der Waals surface area contributed by atoms with Crippen molar-refractivity contribution in [3.63, 3.8) is 0 Å². The Hall–Kier alpha value is -1.75. The van der Waals surface area contributed by atoms with Crippen LogP contribution in [0.2, 0.25) is 0 Å². The van der Waals surface area contributed by atoms with Crippen LogP contribution in [0, 0.1) is 5.41 Å². The van der Waals surface area contributed by atoms with Crippen molar-refractivity contribution in [3.05, 3.63) is 23.8 Å². The lowest BCUT2D eigenvalue weighted by Gasteiger charge is -2.28. The largest absolute Gasteiger partial charge is 0.497 e. The van der Waals surface area contributed by atoms with E-state index in [2.05, 4.69) is 5.32 Å². The Balaban J connectivity index is 2.94. The SMILES string of the molecule is CCC(C)(CN)C(=O)NC(C)c1ccc(OC)cc1OC. The summed E-state index contributed by atoms with van der Waals surface area (Å²) >= 11 is 0. The van der Waals surface area contributed by atoms with Crippen LogP contribution in [0.1, 0.15) is 38.8 Å². The minimum atomic E-state index is -0.548. The Morgan fingerprint density at radius 3 is 2.52 bits per heavy atom. The number of benzene rings is 1. The molecule has 1 aromatic carbocycles. The van der Waals surface area contributed by atoms with Crippen molar-refractivity contribution in [2.24, 2.45) is 11.1 Å². The number of nitrogens with two attached hydrogens (primary N) is 1. The van der Waals surface area contributed by atoms with E-state index < -0.39 is 5.41 Å². The predicted molar refractivity (Wildman–Crippen MR) is 83.6 cm³/mol. The van der Waals surface area contributed by atoms with Crippen molar-refractivity contribution in [1.82, 2.24) is 5.32 Å². The second kappa shape index (κ2) is 7.31. The lowest BCUT2D eigenvalue weighted by atomic mass is 9.86. The van der Waals surface area contributed by atoms with Crippen molar-refractivity contribution in [2.45, 2.75) is 33.2 Å². The van der Waals surface area contributed by atoms with Gasteiger partial charge in [-0.3, -0.25) is 4.79 Å². The van der Waals surface area contributed by atoms with Gasteiger partial charge < -0.3 is 20.5 Å². The molecule has 0 radical (unpaired) electrons. The van der Waals surface area contributed by atoms with Crippen molar-refractivity contribution in [2.75, 3.05) is 20.8 Å².